The lowest BCUT2D eigenvalue weighted by atomic mass is 10.0. The summed E-state index contributed by atoms with van der Waals surface area (Å²) < 4.78 is 6.14. The van der Waals surface area contributed by atoms with E-state index in [0.717, 1.165) is 45.5 Å². The fraction of sp³-hybridized carbons (Fsp3) is 0.172. The number of benzene rings is 4. The van der Waals surface area contributed by atoms with Crippen LogP contribution in [0.2, 0.25) is 0 Å². The molecule has 0 bridgehead atoms. The number of carbonyl (C=O) groups is 2. The van der Waals surface area contributed by atoms with Crippen molar-refractivity contribution >= 4 is 49.9 Å². The van der Waals surface area contributed by atoms with Crippen LogP contribution in [0.5, 0.6) is 5.75 Å². The van der Waals surface area contributed by atoms with Gasteiger partial charge < -0.3 is 19.9 Å². The summed E-state index contributed by atoms with van der Waals surface area (Å²) in [6.07, 6.45) is 0. The van der Waals surface area contributed by atoms with Crippen LogP contribution in [0.1, 0.15) is 20.7 Å². The average molecular weight is 544 g/mol. The zero-order valence-corrected chi connectivity index (χ0v) is 21.5. The van der Waals surface area contributed by atoms with Gasteiger partial charge in [-0.15, -0.1) is 0 Å². The van der Waals surface area contributed by atoms with Crippen molar-refractivity contribution in [2.24, 2.45) is 0 Å². The van der Waals surface area contributed by atoms with Crippen molar-refractivity contribution in [1.29, 1.82) is 0 Å². The second kappa shape index (κ2) is 10.4. The van der Waals surface area contributed by atoms with E-state index in [4.69, 9.17) is 4.74 Å². The quantitative estimate of drug-likeness (QED) is 0.344. The van der Waals surface area contributed by atoms with E-state index in [1.807, 2.05) is 77.7 Å². The second-order valence-corrected chi connectivity index (χ2v) is 9.50. The zero-order chi connectivity index (χ0) is 25.1. The smallest absolute Gasteiger partial charge is 0.256 e. The van der Waals surface area contributed by atoms with Gasteiger partial charge in [0.2, 0.25) is 0 Å². The van der Waals surface area contributed by atoms with Crippen molar-refractivity contribution in [2.75, 3.05) is 43.5 Å². The molecule has 0 saturated carbocycles. The molecule has 0 atom stereocenters. The third-order valence-electron chi connectivity index (χ3n) is 6.51. The van der Waals surface area contributed by atoms with Gasteiger partial charge in [-0.05, 0) is 71.4 Å². The highest BCUT2D eigenvalue weighted by molar-refractivity contribution is 9.10. The largest absolute Gasteiger partial charge is 0.497 e. The minimum absolute atomic E-state index is 0.0378. The van der Waals surface area contributed by atoms with Crippen LogP contribution in [0.15, 0.2) is 89.4 Å². The van der Waals surface area contributed by atoms with Crippen LogP contribution in [0.25, 0.3) is 10.8 Å². The Kier molecular flexibility index (Phi) is 6.91. The Labute approximate surface area is 218 Å². The molecule has 0 radical (unpaired) electrons. The predicted octanol–water partition coefficient (Wildman–Crippen LogP) is 5.83. The molecule has 36 heavy (non-hydrogen) atoms. The Balaban J connectivity index is 1.20. The Morgan fingerprint density at radius 2 is 1.47 bits per heavy atom. The molecule has 1 aliphatic heterocycles. The fourth-order valence-corrected chi connectivity index (χ4v) is 5.01. The molecule has 6 nitrogen and oxygen atoms in total. The lowest BCUT2D eigenvalue weighted by Crippen LogP contribution is -2.48. The van der Waals surface area contributed by atoms with Crippen LogP contribution < -0.4 is 15.0 Å². The molecule has 4 aromatic rings. The number of amides is 2. The van der Waals surface area contributed by atoms with Crippen LogP contribution in [-0.2, 0) is 0 Å². The number of fused-ring (bicyclic) bond motifs is 1. The van der Waals surface area contributed by atoms with E-state index >= 15 is 0 Å². The predicted molar refractivity (Wildman–Crippen MR) is 147 cm³/mol. The lowest BCUT2D eigenvalue weighted by Gasteiger charge is -2.36. The van der Waals surface area contributed by atoms with Gasteiger partial charge in [-0.25, -0.2) is 0 Å². The van der Waals surface area contributed by atoms with Gasteiger partial charge in [-0.1, -0.05) is 40.2 Å². The number of rotatable bonds is 5. The number of carbonyl (C=O) groups excluding carboxylic acids is 2. The van der Waals surface area contributed by atoms with E-state index in [1.165, 1.54) is 0 Å². The molecule has 4 aromatic carbocycles. The maximum Gasteiger partial charge on any atom is 0.256 e. The van der Waals surface area contributed by atoms with Crippen molar-refractivity contribution in [2.45, 2.75) is 0 Å². The number of hydrogen-bond acceptors (Lipinski definition) is 4. The van der Waals surface area contributed by atoms with E-state index < -0.39 is 0 Å². The molecule has 1 heterocycles. The minimum Gasteiger partial charge on any atom is -0.497 e. The van der Waals surface area contributed by atoms with E-state index in [-0.39, 0.29) is 11.8 Å². The van der Waals surface area contributed by atoms with Crippen molar-refractivity contribution in [1.82, 2.24) is 4.90 Å². The molecule has 0 aromatic heterocycles. The van der Waals surface area contributed by atoms with E-state index in [0.29, 0.717) is 24.2 Å². The highest BCUT2D eigenvalue weighted by Gasteiger charge is 2.22. The zero-order valence-electron chi connectivity index (χ0n) is 19.9. The van der Waals surface area contributed by atoms with Crippen LogP contribution >= 0.6 is 15.9 Å². The van der Waals surface area contributed by atoms with Gasteiger partial charge in [0, 0.05) is 53.2 Å². The molecule has 0 spiro atoms. The second-order valence-electron chi connectivity index (χ2n) is 8.65. The molecule has 1 aliphatic rings. The van der Waals surface area contributed by atoms with Gasteiger partial charge in [-0.2, -0.15) is 0 Å². The van der Waals surface area contributed by atoms with Crippen LogP contribution in [0.3, 0.4) is 0 Å². The standard InChI is InChI=1S/C29H26BrN3O3/c1-36-23-14-8-20(9-15-23)29(35)33-18-16-32(17-19-33)22-12-10-21(11-13-22)31-28(34)26-6-2-5-25-24(26)4-3-7-27(25)30/h2-15H,16-19H2,1H3,(H,31,34). The van der Waals surface area contributed by atoms with Crippen LogP contribution in [0.4, 0.5) is 11.4 Å². The number of piperazine rings is 1. The van der Waals surface area contributed by atoms with E-state index in [9.17, 15) is 9.59 Å². The number of hydrogen-bond donors (Lipinski definition) is 1. The molecule has 7 heteroatoms. The number of nitrogens with one attached hydrogen (secondary N) is 1. The van der Waals surface area contributed by atoms with Gasteiger partial charge >= 0.3 is 0 Å². The minimum atomic E-state index is -0.142. The maximum atomic E-state index is 13.0. The summed E-state index contributed by atoms with van der Waals surface area (Å²) in [5.74, 6) is 0.633. The van der Waals surface area contributed by atoms with Gasteiger partial charge in [0.25, 0.3) is 11.8 Å². The summed E-state index contributed by atoms with van der Waals surface area (Å²) in [5, 5.41) is 4.92. The summed E-state index contributed by atoms with van der Waals surface area (Å²) in [5.41, 5.74) is 3.11. The third-order valence-corrected chi connectivity index (χ3v) is 7.20. The molecular formula is C29H26BrN3O3. The van der Waals surface area contributed by atoms with E-state index in [1.54, 1.807) is 19.2 Å². The highest BCUT2D eigenvalue weighted by Crippen LogP contribution is 2.27. The summed E-state index contributed by atoms with van der Waals surface area (Å²) >= 11 is 3.56. The lowest BCUT2D eigenvalue weighted by molar-refractivity contribution is 0.0746. The molecule has 1 fully saturated rings. The molecule has 0 aliphatic carbocycles. The summed E-state index contributed by atoms with van der Waals surface area (Å²) in [4.78, 5) is 30.0. The number of halogens is 1. The molecule has 1 saturated heterocycles. The first-order chi connectivity index (χ1) is 17.5. The Morgan fingerprint density at radius 1 is 0.806 bits per heavy atom. The highest BCUT2D eigenvalue weighted by atomic mass is 79.9. The van der Waals surface area contributed by atoms with Crippen LogP contribution in [0, 0.1) is 0 Å². The number of nitrogens with zero attached hydrogens (tertiary/aromatic N) is 2. The normalized spacial score (nSPS) is 13.5. The first-order valence-electron chi connectivity index (χ1n) is 11.8. The summed E-state index contributed by atoms with van der Waals surface area (Å²) in [7, 11) is 1.61. The first kappa shape index (κ1) is 23.9. The molecule has 2 amide bonds. The number of ether oxygens (including phenoxy) is 1. The van der Waals surface area contributed by atoms with Crippen molar-refractivity contribution < 1.29 is 14.3 Å². The van der Waals surface area contributed by atoms with Crippen molar-refractivity contribution in [3.63, 3.8) is 0 Å². The first-order valence-corrected chi connectivity index (χ1v) is 12.6. The Morgan fingerprint density at radius 3 is 2.17 bits per heavy atom. The molecule has 5 rings (SSSR count). The average Bonchev–Trinajstić information content (AvgIpc) is 2.93. The van der Waals surface area contributed by atoms with Gasteiger partial charge in [0.1, 0.15) is 5.75 Å². The topological polar surface area (TPSA) is 61.9 Å². The molecule has 1 N–H and O–H groups in total. The van der Waals surface area contributed by atoms with Gasteiger partial charge in [0.15, 0.2) is 0 Å². The molecule has 0 unspecified atom stereocenters. The van der Waals surface area contributed by atoms with E-state index in [2.05, 4.69) is 26.1 Å². The number of methoxy groups -OCH3 is 1. The fourth-order valence-electron chi connectivity index (χ4n) is 4.51. The Bertz CT molecular complexity index is 1400. The monoisotopic (exact) mass is 543 g/mol. The Hall–Kier alpha value is -3.84. The van der Waals surface area contributed by atoms with Crippen LogP contribution in [-0.4, -0.2) is 50.0 Å². The van der Waals surface area contributed by atoms with Crippen molar-refractivity contribution in [3.05, 3.63) is 101 Å². The third kappa shape index (κ3) is 4.93. The maximum absolute atomic E-state index is 13.0. The SMILES string of the molecule is COc1ccc(C(=O)N2CCN(c3ccc(NC(=O)c4cccc5c(Br)cccc45)cc3)CC2)cc1. The summed E-state index contributed by atoms with van der Waals surface area (Å²) in [6, 6.07) is 26.7. The van der Waals surface area contributed by atoms with Gasteiger partial charge in [0.05, 0.1) is 7.11 Å². The number of anilines is 2. The van der Waals surface area contributed by atoms with Crippen molar-refractivity contribution in [3.8, 4) is 5.75 Å². The summed E-state index contributed by atoms with van der Waals surface area (Å²) in [6.45, 7) is 2.80. The molecular weight excluding hydrogens is 518 g/mol. The molecule has 182 valence electrons. The van der Waals surface area contributed by atoms with Gasteiger partial charge in [-0.3, -0.25) is 9.59 Å².